The zero-order chi connectivity index (χ0) is 20.6. The fraction of sp³-hybridized carbons (Fsp3) is 0. The molecule has 2 aliphatic rings. The minimum absolute atomic E-state index is 0.129. The number of carbonyl (C=O) groups excluding carboxylic acids is 2. The Morgan fingerprint density at radius 1 is 0.567 bits per heavy atom. The first-order valence-electron chi connectivity index (χ1n) is 9.16. The maximum atomic E-state index is 13.3. The van der Waals surface area contributed by atoms with E-state index in [1.54, 1.807) is 0 Å². The molecule has 0 N–H and O–H groups in total. The minimum atomic E-state index is -0.129. The number of hydrogen-bond donors (Lipinski definition) is 0. The number of Topliss-reactive ketones (excluding diaryl/α,β-unsaturated/α-hetero) is 2. The van der Waals surface area contributed by atoms with Gasteiger partial charge >= 0.3 is 0 Å². The molecule has 0 saturated carbocycles. The molecule has 0 aliphatic carbocycles. The minimum Gasteiger partial charge on any atom is -0.288 e. The van der Waals surface area contributed by atoms with Gasteiger partial charge in [0, 0.05) is 41.7 Å². The molecule has 0 aromatic heterocycles. The third-order valence-electron chi connectivity index (χ3n) is 5.41. The molecule has 0 saturated heterocycles. The van der Waals surface area contributed by atoms with E-state index < -0.39 is 0 Å². The van der Waals surface area contributed by atoms with Gasteiger partial charge in [-0.2, -0.15) is 0 Å². The molecule has 2 heterocycles. The lowest BCUT2D eigenvalue weighted by atomic mass is 10.0. The number of halogens is 2. The van der Waals surface area contributed by atoms with E-state index >= 15 is 0 Å². The molecular formula is C24H10Cl2O2S2. The molecule has 0 bridgehead atoms. The summed E-state index contributed by atoms with van der Waals surface area (Å²) in [6.07, 6.45) is 0. The van der Waals surface area contributed by atoms with Crippen LogP contribution < -0.4 is 0 Å². The third-order valence-corrected chi connectivity index (χ3v) is 8.61. The van der Waals surface area contributed by atoms with Crippen molar-refractivity contribution >= 4 is 79.8 Å². The summed E-state index contributed by atoms with van der Waals surface area (Å²) in [4.78, 5) is 29.1. The van der Waals surface area contributed by atoms with Crippen molar-refractivity contribution < 1.29 is 9.59 Å². The van der Waals surface area contributed by atoms with E-state index in [1.807, 2.05) is 60.7 Å². The number of hydrogen-bond acceptors (Lipinski definition) is 4. The molecule has 4 aromatic rings. The highest BCUT2D eigenvalue weighted by Gasteiger charge is 2.37. The van der Waals surface area contributed by atoms with Crippen LogP contribution in [0.3, 0.4) is 0 Å². The van der Waals surface area contributed by atoms with E-state index in [0.717, 1.165) is 31.3 Å². The zero-order valence-corrected chi connectivity index (χ0v) is 18.3. The van der Waals surface area contributed by atoms with E-state index in [-0.39, 0.29) is 11.6 Å². The topological polar surface area (TPSA) is 34.1 Å². The first-order valence-corrected chi connectivity index (χ1v) is 11.6. The molecular weight excluding hydrogens is 455 g/mol. The lowest BCUT2D eigenvalue weighted by Crippen LogP contribution is -2.01. The predicted molar refractivity (Wildman–Crippen MR) is 125 cm³/mol. The molecule has 2 nitrogen and oxygen atoms in total. The lowest BCUT2D eigenvalue weighted by molar-refractivity contribution is 0.101. The van der Waals surface area contributed by atoms with Gasteiger partial charge in [-0.3, -0.25) is 9.59 Å². The Labute approximate surface area is 190 Å². The Balaban J connectivity index is 1.56. The Morgan fingerprint density at radius 2 is 1.00 bits per heavy atom. The van der Waals surface area contributed by atoms with Crippen LogP contribution in [0.5, 0.6) is 0 Å². The van der Waals surface area contributed by atoms with Gasteiger partial charge in [-0.25, -0.2) is 0 Å². The molecule has 6 heteroatoms. The lowest BCUT2D eigenvalue weighted by Gasteiger charge is -2.05. The smallest absolute Gasteiger partial charge is 0.202 e. The van der Waals surface area contributed by atoms with Crippen molar-refractivity contribution in [3.63, 3.8) is 0 Å². The van der Waals surface area contributed by atoms with Crippen LogP contribution >= 0.6 is 46.7 Å². The van der Waals surface area contributed by atoms with Gasteiger partial charge in [-0.1, -0.05) is 83.1 Å². The Hall–Kier alpha value is -2.24. The van der Waals surface area contributed by atoms with Crippen LogP contribution in [-0.4, -0.2) is 11.6 Å². The van der Waals surface area contributed by atoms with Gasteiger partial charge in [0.05, 0.1) is 9.81 Å². The molecule has 4 aromatic carbocycles. The van der Waals surface area contributed by atoms with Crippen molar-refractivity contribution in [1.29, 1.82) is 0 Å². The maximum Gasteiger partial charge on any atom is 0.202 e. The Kier molecular flexibility index (Phi) is 4.09. The van der Waals surface area contributed by atoms with Crippen molar-refractivity contribution in [1.82, 2.24) is 0 Å². The average molecular weight is 465 g/mol. The van der Waals surface area contributed by atoms with Crippen molar-refractivity contribution in [2.45, 2.75) is 9.79 Å². The van der Waals surface area contributed by atoms with Crippen molar-refractivity contribution in [2.75, 3.05) is 0 Å². The van der Waals surface area contributed by atoms with Gasteiger partial charge in [0.2, 0.25) is 11.6 Å². The van der Waals surface area contributed by atoms with Crippen LogP contribution in [-0.2, 0) is 0 Å². The highest BCUT2D eigenvalue weighted by molar-refractivity contribution is 8.09. The number of rotatable bonds is 0. The largest absolute Gasteiger partial charge is 0.288 e. The first-order chi connectivity index (χ1) is 14.5. The summed E-state index contributed by atoms with van der Waals surface area (Å²) >= 11 is 15.6. The molecule has 6 rings (SSSR count). The van der Waals surface area contributed by atoms with Gasteiger partial charge in [0.1, 0.15) is 0 Å². The van der Waals surface area contributed by atoms with Crippen LogP contribution in [0.25, 0.3) is 21.5 Å². The quantitative estimate of drug-likeness (QED) is 0.248. The van der Waals surface area contributed by atoms with Gasteiger partial charge < -0.3 is 0 Å². The second-order valence-electron chi connectivity index (χ2n) is 7.08. The molecule has 0 spiro atoms. The van der Waals surface area contributed by atoms with Crippen molar-refractivity contribution in [2.24, 2.45) is 0 Å². The monoisotopic (exact) mass is 464 g/mol. The number of carbonyl (C=O) groups is 2. The molecule has 2 aliphatic heterocycles. The summed E-state index contributed by atoms with van der Waals surface area (Å²) in [7, 11) is 0. The van der Waals surface area contributed by atoms with Crippen LogP contribution in [0.2, 0.25) is 10.0 Å². The predicted octanol–water partition coefficient (Wildman–Crippen LogP) is 7.79. The molecule has 0 radical (unpaired) electrons. The zero-order valence-electron chi connectivity index (χ0n) is 15.2. The van der Waals surface area contributed by atoms with E-state index in [1.165, 1.54) is 23.5 Å². The van der Waals surface area contributed by atoms with Gasteiger partial charge in [-0.15, -0.1) is 0 Å². The number of ketones is 2. The van der Waals surface area contributed by atoms with Crippen molar-refractivity contribution in [3.8, 4) is 0 Å². The second-order valence-corrected chi connectivity index (χ2v) is 9.94. The number of benzene rings is 4. The third kappa shape index (κ3) is 2.48. The standard InChI is InChI=1S/C24H10Cl2O2S2/c25-15-5-1-3-11-7-9-13-19(27)23(29-21(13)17(11)15)24-20(28)14-10-8-12-4-2-6-16(26)18(12)22(14)30-24/h1-10H. The van der Waals surface area contributed by atoms with Crippen LogP contribution in [0.4, 0.5) is 0 Å². The second kappa shape index (κ2) is 6.63. The fourth-order valence-corrected chi connectivity index (χ4v) is 7.32. The van der Waals surface area contributed by atoms with Crippen molar-refractivity contribution in [3.05, 3.63) is 91.6 Å². The highest BCUT2D eigenvalue weighted by atomic mass is 35.5. The number of allylic oxidation sites excluding steroid dienone is 2. The Morgan fingerprint density at radius 3 is 1.43 bits per heavy atom. The van der Waals surface area contributed by atoms with Crippen LogP contribution in [0.15, 0.2) is 80.3 Å². The van der Waals surface area contributed by atoms with E-state index in [9.17, 15) is 9.59 Å². The Bertz CT molecular complexity index is 1390. The first kappa shape index (κ1) is 18.5. The summed E-state index contributed by atoms with van der Waals surface area (Å²) in [5.74, 6) is -0.258. The van der Waals surface area contributed by atoms with Crippen LogP contribution in [0, 0.1) is 0 Å². The fourth-order valence-electron chi connectivity index (χ4n) is 4.02. The molecule has 0 amide bonds. The SMILES string of the molecule is O=C1C(=C2Sc3c(ccc4cccc(Cl)c34)C2=O)Sc2c1ccc1cccc(Cl)c21. The molecule has 0 atom stereocenters. The van der Waals surface area contributed by atoms with E-state index in [0.29, 0.717) is 31.0 Å². The van der Waals surface area contributed by atoms with Gasteiger partial charge in [0.15, 0.2) is 0 Å². The summed E-state index contributed by atoms with van der Waals surface area (Å²) in [6, 6.07) is 18.8. The molecule has 30 heavy (non-hydrogen) atoms. The summed E-state index contributed by atoms with van der Waals surface area (Å²) in [6.45, 7) is 0. The van der Waals surface area contributed by atoms with E-state index in [2.05, 4.69) is 0 Å². The van der Waals surface area contributed by atoms with Gasteiger partial charge in [0.25, 0.3) is 0 Å². The maximum absolute atomic E-state index is 13.3. The number of fused-ring (bicyclic) bond motifs is 6. The normalized spacial score (nSPS) is 17.8. The average Bonchev–Trinajstić information content (AvgIpc) is 3.25. The molecule has 0 fully saturated rings. The summed E-state index contributed by atoms with van der Waals surface area (Å²) in [5, 5.41) is 4.85. The van der Waals surface area contributed by atoms with Crippen LogP contribution in [0.1, 0.15) is 20.7 Å². The summed E-state index contributed by atoms with van der Waals surface area (Å²) < 4.78 is 0. The van der Waals surface area contributed by atoms with E-state index in [4.69, 9.17) is 23.2 Å². The summed E-state index contributed by atoms with van der Waals surface area (Å²) in [5.41, 5.74) is 1.19. The molecule has 144 valence electrons. The highest BCUT2D eigenvalue weighted by Crippen LogP contribution is 2.53. The van der Waals surface area contributed by atoms with Gasteiger partial charge in [-0.05, 0) is 35.0 Å². The number of thioether (sulfide) groups is 2. The molecule has 0 unspecified atom stereocenters.